The summed E-state index contributed by atoms with van der Waals surface area (Å²) in [6.07, 6.45) is 4.15. The Morgan fingerprint density at radius 1 is 1.33 bits per heavy atom. The molecular formula is C14H17N3O. The van der Waals surface area contributed by atoms with Crippen molar-refractivity contribution in [2.75, 3.05) is 6.54 Å². The Kier molecular flexibility index (Phi) is 2.80. The van der Waals surface area contributed by atoms with Gasteiger partial charge in [-0.1, -0.05) is 18.2 Å². The maximum Gasteiger partial charge on any atom is 0.123 e. The molecule has 2 aromatic rings. The molecule has 1 fully saturated rings. The molecule has 1 aliphatic heterocycles. The number of aromatic nitrogens is 2. The second-order valence-electron chi connectivity index (χ2n) is 4.73. The van der Waals surface area contributed by atoms with E-state index in [2.05, 4.69) is 10.4 Å². The molecule has 0 amide bonds. The van der Waals surface area contributed by atoms with Crippen LogP contribution in [0.3, 0.4) is 0 Å². The number of para-hydroxylation sites is 1. The lowest BCUT2D eigenvalue weighted by Gasteiger charge is -2.14. The van der Waals surface area contributed by atoms with Gasteiger partial charge in [-0.15, -0.1) is 0 Å². The van der Waals surface area contributed by atoms with Gasteiger partial charge in [0.05, 0.1) is 11.9 Å². The zero-order valence-electron chi connectivity index (χ0n) is 10.4. The Hall–Kier alpha value is -1.81. The van der Waals surface area contributed by atoms with Crippen LogP contribution in [0.1, 0.15) is 24.6 Å². The summed E-state index contributed by atoms with van der Waals surface area (Å²) in [5, 5.41) is 17.8. The van der Waals surface area contributed by atoms with E-state index < -0.39 is 0 Å². The molecule has 1 aromatic heterocycles. The smallest absolute Gasteiger partial charge is 0.123 e. The molecule has 2 N–H and O–H groups in total. The summed E-state index contributed by atoms with van der Waals surface area (Å²) in [7, 11) is 1.96. The quantitative estimate of drug-likeness (QED) is 0.850. The zero-order valence-corrected chi connectivity index (χ0v) is 10.4. The van der Waals surface area contributed by atoms with Crippen molar-refractivity contribution in [3.8, 4) is 16.9 Å². The number of aryl methyl sites for hydroxylation is 1. The fourth-order valence-corrected chi connectivity index (χ4v) is 2.69. The molecule has 0 bridgehead atoms. The number of phenolic OH excluding ortho intramolecular Hbond substituents is 1. The molecule has 0 aliphatic carbocycles. The Morgan fingerprint density at radius 2 is 2.17 bits per heavy atom. The monoisotopic (exact) mass is 243 g/mol. The van der Waals surface area contributed by atoms with Crippen molar-refractivity contribution in [3.63, 3.8) is 0 Å². The largest absolute Gasteiger partial charge is 0.507 e. The van der Waals surface area contributed by atoms with Crippen LogP contribution in [0, 0.1) is 0 Å². The number of nitrogens with one attached hydrogen (secondary N) is 1. The SMILES string of the molecule is Cn1ncc(-c2ccccc2O)c1C1CCCN1. The summed E-state index contributed by atoms with van der Waals surface area (Å²) in [4.78, 5) is 0. The topological polar surface area (TPSA) is 50.1 Å². The first kappa shape index (κ1) is 11.3. The highest BCUT2D eigenvalue weighted by Gasteiger charge is 2.24. The summed E-state index contributed by atoms with van der Waals surface area (Å²) >= 11 is 0. The summed E-state index contributed by atoms with van der Waals surface area (Å²) < 4.78 is 1.91. The third kappa shape index (κ3) is 1.78. The Labute approximate surface area is 106 Å². The summed E-state index contributed by atoms with van der Waals surface area (Å²) in [5.74, 6) is 0.310. The third-order valence-corrected chi connectivity index (χ3v) is 3.57. The molecule has 1 unspecified atom stereocenters. The molecule has 1 saturated heterocycles. The van der Waals surface area contributed by atoms with Gasteiger partial charge in [0.2, 0.25) is 0 Å². The predicted molar refractivity (Wildman–Crippen MR) is 70.3 cm³/mol. The molecule has 4 nitrogen and oxygen atoms in total. The molecule has 94 valence electrons. The van der Waals surface area contributed by atoms with Crippen molar-refractivity contribution >= 4 is 0 Å². The third-order valence-electron chi connectivity index (χ3n) is 3.57. The Bertz CT molecular complexity index is 556. The fourth-order valence-electron chi connectivity index (χ4n) is 2.69. The lowest BCUT2D eigenvalue weighted by Crippen LogP contribution is -2.17. The van der Waals surface area contributed by atoms with Gasteiger partial charge in [-0.05, 0) is 25.5 Å². The highest BCUT2D eigenvalue weighted by molar-refractivity contribution is 5.72. The lowest BCUT2D eigenvalue weighted by molar-refractivity contribution is 0.477. The Balaban J connectivity index is 2.10. The number of phenols is 1. The highest BCUT2D eigenvalue weighted by Crippen LogP contribution is 2.36. The average Bonchev–Trinajstić information content (AvgIpc) is 2.98. The van der Waals surface area contributed by atoms with E-state index in [-0.39, 0.29) is 0 Å². The normalized spacial score (nSPS) is 19.3. The van der Waals surface area contributed by atoms with E-state index in [1.54, 1.807) is 6.07 Å². The molecule has 2 heterocycles. The lowest BCUT2D eigenvalue weighted by atomic mass is 10.0. The number of nitrogens with zero attached hydrogens (tertiary/aromatic N) is 2. The van der Waals surface area contributed by atoms with Crippen molar-refractivity contribution in [1.82, 2.24) is 15.1 Å². The van der Waals surface area contributed by atoms with E-state index in [0.29, 0.717) is 11.8 Å². The standard InChI is InChI=1S/C14H17N3O/c1-17-14(12-6-4-8-15-12)11(9-16-17)10-5-2-3-7-13(10)18/h2-3,5,7,9,12,15,18H,4,6,8H2,1H3. The number of hydrogen-bond acceptors (Lipinski definition) is 3. The number of benzene rings is 1. The predicted octanol–water partition coefficient (Wildman–Crippen LogP) is 2.22. The number of rotatable bonds is 2. The van der Waals surface area contributed by atoms with Crippen LogP contribution in [0.2, 0.25) is 0 Å². The highest BCUT2D eigenvalue weighted by atomic mass is 16.3. The first-order valence-electron chi connectivity index (χ1n) is 6.31. The van der Waals surface area contributed by atoms with Gasteiger partial charge in [0.1, 0.15) is 5.75 Å². The van der Waals surface area contributed by atoms with Crippen LogP contribution in [-0.2, 0) is 7.05 Å². The van der Waals surface area contributed by atoms with Crippen molar-refractivity contribution in [2.45, 2.75) is 18.9 Å². The van der Waals surface area contributed by atoms with E-state index in [4.69, 9.17) is 0 Å². The summed E-state index contributed by atoms with van der Waals surface area (Å²) in [6.45, 7) is 1.05. The van der Waals surface area contributed by atoms with Crippen LogP contribution in [0.15, 0.2) is 30.5 Å². The van der Waals surface area contributed by atoms with Crippen molar-refractivity contribution in [2.24, 2.45) is 7.05 Å². The van der Waals surface area contributed by atoms with E-state index in [0.717, 1.165) is 29.8 Å². The molecule has 1 aliphatic rings. The molecule has 1 atom stereocenters. The van der Waals surface area contributed by atoms with Gasteiger partial charge >= 0.3 is 0 Å². The van der Waals surface area contributed by atoms with Gasteiger partial charge in [0.15, 0.2) is 0 Å². The maximum absolute atomic E-state index is 9.98. The van der Waals surface area contributed by atoms with E-state index in [9.17, 15) is 5.11 Å². The second kappa shape index (κ2) is 4.46. The van der Waals surface area contributed by atoms with Crippen LogP contribution < -0.4 is 5.32 Å². The first-order chi connectivity index (χ1) is 8.77. The molecule has 3 rings (SSSR count). The molecular weight excluding hydrogens is 226 g/mol. The fraction of sp³-hybridized carbons (Fsp3) is 0.357. The van der Waals surface area contributed by atoms with Crippen molar-refractivity contribution < 1.29 is 5.11 Å². The molecule has 0 spiro atoms. The molecule has 0 radical (unpaired) electrons. The molecule has 4 heteroatoms. The maximum atomic E-state index is 9.98. The van der Waals surface area contributed by atoms with Gasteiger partial charge in [-0.25, -0.2) is 0 Å². The van der Waals surface area contributed by atoms with Gasteiger partial charge < -0.3 is 10.4 Å². The van der Waals surface area contributed by atoms with Crippen molar-refractivity contribution in [1.29, 1.82) is 0 Å². The van der Waals surface area contributed by atoms with Gasteiger partial charge in [-0.3, -0.25) is 4.68 Å². The zero-order chi connectivity index (χ0) is 12.5. The first-order valence-corrected chi connectivity index (χ1v) is 6.31. The molecule has 0 saturated carbocycles. The minimum atomic E-state index is 0.310. The van der Waals surface area contributed by atoms with E-state index >= 15 is 0 Å². The minimum absolute atomic E-state index is 0.310. The van der Waals surface area contributed by atoms with E-state index in [1.807, 2.05) is 36.1 Å². The van der Waals surface area contributed by atoms with Crippen molar-refractivity contribution in [3.05, 3.63) is 36.2 Å². The molecule has 18 heavy (non-hydrogen) atoms. The number of aromatic hydroxyl groups is 1. The summed E-state index contributed by atoms with van der Waals surface area (Å²) in [6, 6.07) is 7.77. The van der Waals surface area contributed by atoms with Gasteiger partial charge in [0.25, 0.3) is 0 Å². The minimum Gasteiger partial charge on any atom is -0.507 e. The van der Waals surface area contributed by atoms with Gasteiger partial charge in [0, 0.05) is 24.2 Å². The van der Waals surface area contributed by atoms with Crippen LogP contribution >= 0.6 is 0 Å². The van der Waals surface area contributed by atoms with Crippen LogP contribution in [0.25, 0.3) is 11.1 Å². The van der Waals surface area contributed by atoms with Crippen LogP contribution in [-0.4, -0.2) is 21.4 Å². The molecule has 1 aromatic carbocycles. The number of hydrogen-bond donors (Lipinski definition) is 2. The average molecular weight is 243 g/mol. The van der Waals surface area contributed by atoms with Crippen LogP contribution in [0.4, 0.5) is 0 Å². The van der Waals surface area contributed by atoms with Crippen LogP contribution in [0.5, 0.6) is 5.75 Å². The van der Waals surface area contributed by atoms with E-state index in [1.165, 1.54) is 6.42 Å². The Morgan fingerprint density at radius 3 is 2.89 bits per heavy atom. The summed E-state index contributed by atoms with van der Waals surface area (Å²) in [5.41, 5.74) is 3.04. The van der Waals surface area contributed by atoms with Gasteiger partial charge in [-0.2, -0.15) is 5.10 Å². The second-order valence-corrected chi connectivity index (χ2v) is 4.73.